The molecule has 0 amide bonds. The van der Waals surface area contributed by atoms with Gasteiger partial charge in [-0.3, -0.25) is 0 Å². The summed E-state index contributed by atoms with van der Waals surface area (Å²) in [6.45, 7) is 5.57. The van der Waals surface area contributed by atoms with E-state index in [1.165, 1.54) is 12.8 Å². The molecule has 1 aliphatic rings. The Morgan fingerprint density at radius 2 is 2.31 bits per heavy atom. The van der Waals surface area contributed by atoms with E-state index in [0.717, 1.165) is 18.3 Å². The fraction of sp³-hybridized carbons (Fsp3) is 0.889. The van der Waals surface area contributed by atoms with Crippen molar-refractivity contribution in [1.29, 1.82) is 0 Å². The zero-order valence-electron chi connectivity index (χ0n) is 8.30. The van der Waals surface area contributed by atoms with Crippen LogP contribution in [0.1, 0.15) is 26.7 Å². The lowest BCUT2D eigenvalue weighted by Crippen LogP contribution is -2.40. The largest absolute Gasteiger partial charge is 0.377 e. The zero-order valence-corrected chi connectivity index (χ0v) is 9.12. The van der Waals surface area contributed by atoms with Crippen LogP contribution < -0.4 is 10.6 Å². The molecule has 1 atom stereocenters. The second kappa shape index (κ2) is 5.40. The van der Waals surface area contributed by atoms with Gasteiger partial charge < -0.3 is 15.4 Å². The molecule has 76 valence electrons. The molecular formula is C9H18N2OS. The van der Waals surface area contributed by atoms with Crippen LogP contribution >= 0.6 is 12.2 Å². The van der Waals surface area contributed by atoms with E-state index >= 15 is 0 Å². The smallest absolute Gasteiger partial charge is 0.166 e. The molecule has 1 aliphatic carbocycles. The quantitative estimate of drug-likeness (QED) is 0.653. The number of hydrogen-bond acceptors (Lipinski definition) is 2. The predicted molar refractivity (Wildman–Crippen MR) is 57.8 cm³/mol. The van der Waals surface area contributed by atoms with Crippen LogP contribution in [0.15, 0.2) is 0 Å². The van der Waals surface area contributed by atoms with Gasteiger partial charge in [0.15, 0.2) is 5.11 Å². The molecule has 1 rings (SSSR count). The van der Waals surface area contributed by atoms with Crippen molar-refractivity contribution in [3.63, 3.8) is 0 Å². The molecule has 0 bridgehead atoms. The molecule has 13 heavy (non-hydrogen) atoms. The Kier molecular flexibility index (Phi) is 4.45. The number of thiocarbonyl (C=S) groups is 1. The van der Waals surface area contributed by atoms with Crippen molar-refractivity contribution >= 4 is 17.3 Å². The topological polar surface area (TPSA) is 33.3 Å². The lowest BCUT2D eigenvalue weighted by Gasteiger charge is -2.14. The molecule has 1 unspecified atom stereocenters. The van der Waals surface area contributed by atoms with E-state index in [0.29, 0.717) is 6.04 Å². The Morgan fingerprint density at radius 1 is 1.62 bits per heavy atom. The standard InChI is InChI=1S/C9H18N2OS/c1-3-12-7(2)6-10-9(13)11-8-4-5-8/h7-8H,3-6H2,1-2H3,(H2,10,11,13). The molecule has 3 nitrogen and oxygen atoms in total. The van der Waals surface area contributed by atoms with E-state index in [9.17, 15) is 0 Å². The number of nitrogens with one attached hydrogen (secondary N) is 2. The third kappa shape index (κ3) is 5.05. The van der Waals surface area contributed by atoms with Crippen LogP contribution in [0.4, 0.5) is 0 Å². The van der Waals surface area contributed by atoms with E-state index in [1.54, 1.807) is 0 Å². The second-order valence-electron chi connectivity index (χ2n) is 3.39. The van der Waals surface area contributed by atoms with Gasteiger partial charge in [-0.2, -0.15) is 0 Å². The minimum absolute atomic E-state index is 0.226. The lowest BCUT2D eigenvalue weighted by molar-refractivity contribution is 0.0794. The summed E-state index contributed by atoms with van der Waals surface area (Å²) in [6.07, 6.45) is 2.73. The van der Waals surface area contributed by atoms with E-state index in [4.69, 9.17) is 17.0 Å². The third-order valence-electron chi connectivity index (χ3n) is 1.91. The van der Waals surface area contributed by atoms with Gasteiger partial charge in [-0.15, -0.1) is 0 Å². The van der Waals surface area contributed by atoms with Crippen LogP contribution in [-0.2, 0) is 4.74 Å². The predicted octanol–water partition coefficient (Wildman–Crippen LogP) is 1.04. The first-order valence-electron chi connectivity index (χ1n) is 4.88. The Morgan fingerprint density at radius 3 is 2.85 bits per heavy atom. The van der Waals surface area contributed by atoms with Crippen LogP contribution in [0.3, 0.4) is 0 Å². The summed E-state index contributed by atoms with van der Waals surface area (Å²) in [7, 11) is 0. The molecule has 1 fully saturated rings. The molecule has 0 heterocycles. The average Bonchev–Trinajstić information content (AvgIpc) is 2.85. The number of hydrogen-bond donors (Lipinski definition) is 2. The van der Waals surface area contributed by atoms with Crippen molar-refractivity contribution in [3.8, 4) is 0 Å². The van der Waals surface area contributed by atoms with Crippen LogP contribution in [0, 0.1) is 0 Å². The maximum absolute atomic E-state index is 5.36. The molecule has 0 radical (unpaired) electrons. The third-order valence-corrected chi connectivity index (χ3v) is 2.18. The maximum Gasteiger partial charge on any atom is 0.166 e. The highest BCUT2D eigenvalue weighted by atomic mass is 32.1. The van der Waals surface area contributed by atoms with Gasteiger partial charge in [-0.05, 0) is 38.9 Å². The van der Waals surface area contributed by atoms with Crippen molar-refractivity contribution in [2.45, 2.75) is 38.8 Å². The highest BCUT2D eigenvalue weighted by Crippen LogP contribution is 2.18. The van der Waals surface area contributed by atoms with Gasteiger partial charge in [0.2, 0.25) is 0 Å². The Labute approximate surface area is 85.2 Å². The number of rotatable bonds is 5. The Bertz CT molecular complexity index is 171. The van der Waals surface area contributed by atoms with E-state index in [2.05, 4.69) is 10.6 Å². The normalized spacial score (nSPS) is 18.0. The molecule has 0 aliphatic heterocycles. The molecule has 2 N–H and O–H groups in total. The van der Waals surface area contributed by atoms with Crippen LogP contribution in [0.2, 0.25) is 0 Å². The van der Waals surface area contributed by atoms with E-state index in [-0.39, 0.29) is 6.10 Å². The first-order chi connectivity index (χ1) is 6.22. The van der Waals surface area contributed by atoms with Gasteiger partial charge in [0.25, 0.3) is 0 Å². The van der Waals surface area contributed by atoms with Crippen LogP contribution in [-0.4, -0.2) is 30.4 Å². The van der Waals surface area contributed by atoms with Gasteiger partial charge in [0.05, 0.1) is 6.10 Å². The van der Waals surface area contributed by atoms with Crippen molar-refractivity contribution in [2.75, 3.05) is 13.2 Å². The minimum Gasteiger partial charge on any atom is -0.377 e. The van der Waals surface area contributed by atoms with Crippen LogP contribution in [0.5, 0.6) is 0 Å². The SMILES string of the molecule is CCOC(C)CNC(=S)NC1CC1. The summed E-state index contributed by atoms with van der Waals surface area (Å²) in [4.78, 5) is 0. The summed E-state index contributed by atoms with van der Waals surface area (Å²) >= 11 is 5.10. The Balaban J connectivity index is 1.99. The first kappa shape index (κ1) is 10.7. The first-order valence-corrected chi connectivity index (χ1v) is 5.29. The lowest BCUT2D eigenvalue weighted by atomic mass is 10.4. The van der Waals surface area contributed by atoms with Gasteiger partial charge in [-0.1, -0.05) is 0 Å². The monoisotopic (exact) mass is 202 g/mol. The summed E-state index contributed by atoms with van der Waals surface area (Å²) in [5.41, 5.74) is 0. The maximum atomic E-state index is 5.36. The number of ether oxygens (including phenoxy) is 1. The van der Waals surface area contributed by atoms with Crippen molar-refractivity contribution in [1.82, 2.24) is 10.6 Å². The molecule has 0 saturated heterocycles. The van der Waals surface area contributed by atoms with Gasteiger partial charge >= 0.3 is 0 Å². The van der Waals surface area contributed by atoms with Gasteiger partial charge in [0.1, 0.15) is 0 Å². The summed E-state index contributed by atoms with van der Waals surface area (Å²) in [6, 6.07) is 0.627. The fourth-order valence-electron chi connectivity index (χ4n) is 1.04. The summed E-state index contributed by atoms with van der Waals surface area (Å²) < 4.78 is 5.36. The van der Waals surface area contributed by atoms with Crippen molar-refractivity contribution in [2.24, 2.45) is 0 Å². The second-order valence-corrected chi connectivity index (χ2v) is 3.80. The van der Waals surface area contributed by atoms with Crippen LogP contribution in [0.25, 0.3) is 0 Å². The van der Waals surface area contributed by atoms with Crippen molar-refractivity contribution < 1.29 is 4.74 Å². The minimum atomic E-state index is 0.226. The highest BCUT2D eigenvalue weighted by molar-refractivity contribution is 7.80. The highest BCUT2D eigenvalue weighted by Gasteiger charge is 2.21. The van der Waals surface area contributed by atoms with E-state index < -0.39 is 0 Å². The average molecular weight is 202 g/mol. The fourth-order valence-corrected chi connectivity index (χ4v) is 1.29. The van der Waals surface area contributed by atoms with Gasteiger partial charge in [0, 0.05) is 19.2 Å². The molecular weight excluding hydrogens is 184 g/mol. The summed E-state index contributed by atoms with van der Waals surface area (Å²) in [5.74, 6) is 0. The molecule has 4 heteroatoms. The summed E-state index contributed by atoms with van der Waals surface area (Å²) in [5, 5.41) is 7.11. The molecule has 0 aromatic heterocycles. The molecule has 0 spiro atoms. The Hall–Kier alpha value is -0.350. The molecule has 0 aromatic rings. The van der Waals surface area contributed by atoms with E-state index in [1.807, 2.05) is 13.8 Å². The molecule has 0 aromatic carbocycles. The van der Waals surface area contributed by atoms with Gasteiger partial charge in [-0.25, -0.2) is 0 Å². The zero-order chi connectivity index (χ0) is 9.68. The van der Waals surface area contributed by atoms with Crippen molar-refractivity contribution in [3.05, 3.63) is 0 Å². The molecule has 1 saturated carbocycles.